The highest BCUT2D eigenvalue weighted by atomic mass is 19.1. The Morgan fingerprint density at radius 2 is 1.83 bits per heavy atom. The number of carbonyl (C=O) groups is 2. The molecule has 2 aliphatic carbocycles. The van der Waals surface area contributed by atoms with Crippen LogP contribution < -0.4 is 10.2 Å². The van der Waals surface area contributed by atoms with Crippen molar-refractivity contribution in [2.24, 2.45) is 5.92 Å². The molecule has 5 heteroatoms. The van der Waals surface area contributed by atoms with Gasteiger partial charge >= 0.3 is 0 Å². The molecule has 124 valence electrons. The first-order valence-corrected chi connectivity index (χ1v) is 8.46. The fourth-order valence-electron chi connectivity index (χ4n) is 3.37. The third-order valence-electron chi connectivity index (χ3n) is 4.70. The molecule has 1 aromatic carbocycles. The second kappa shape index (κ2) is 6.69. The predicted octanol–water partition coefficient (Wildman–Crippen LogP) is 3.86. The smallest absolute Gasteiger partial charge is 0.227 e. The van der Waals surface area contributed by atoms with E-state index in [1.165, 1.54) is 25.5 Å². The zero-order valence-corrected chi connectivity index (χ0v) is 13.5. The average molecular weight is 318 g/mol. The number of anilines is 2. The molecule has 0 atom stereocenters. The van der Waals surface area contributed by atoms with Gasteiger partial charge in [-0.3, -0.25) is 9.59 Å². The Morgan fingerprint density at radius 3 is 2.43 bits per heavy atom. The summed E-state index contributed by atoms with van der Waals surface area (Å²) in [6.07, 6.45) is 6.98. The molecule has 1 aromatic rings. The summed E-state index contributed by atoms with van der Waals surface area (Å²) in [7, 11) is 0. The van der Waals surface area contributed by atoms with Crippen LogP contribution in [0.5, 0.6) is 0 Å². The van der Waals surface area contributed by atoms with Crippen LogP contribution in [-0.4, -0.2) is 17.9 Å². The molecule has 2 fully saturated rings. The Hall–Kier alpha value is -1.91. The van der Waals surface area contributed by atoms with Gasteiger partial charge in [-0.25, -0.2) is 4.39 Å². The molecule has 4 nitrogen and oxygen atoms in total. The minimum absolute atomic E-state index is 0.00781. The van der Waals surface area contributed by atoms with Crippen LogP contribution in [0.25, 0.3) is 0 Å². The third kappa shape index (κ3) is 3.71. The molecule has 0 spiro atoms. The molecule has 0 radical (unpaired) electrons. The first kappa shape index (κ1) is 16.0. The molecule has 3 rings (SSSR count). The molecule has 1 N–H and O–H groups in total. The predicted molar refractivity (Wildman–Crippen MR) is 87.8 cm³/mol. The van der Waals surface area contributed by atoms with Gasteiger partial charge < -0.3 is 10.2 Å². The van der Waals surface area contributed by atoms with Gasteiger partial charge in [0.1, 0.15) is 5.82 Å². The standard InChI is InChI=1S/C18H23FN2O2/c1-12(22)21(15-8-9-15)17-10-7-14(19)11-16(17)20-18(23)13-5-3-2-4-6-13/h7,10-11,13,15H,2-6,8-9H2,1H3,(H,20,23). The van der Waals surface area contributed by atoms with Gasteiger partial charge in [0.15, 0.2) is 0 Å². The molecule has 0 heterocycles. The van der Waals surface area contributed by atoms with E-state index in [4.69, 9.17) is 0 Å². The average Bonchev–Trinajstić information content (AvgIpc) is 3.35. The normalized spacial score (nSPS) is 18.5. The van der Waals surface area contributed by atoms with Crippen molar-refractivity contribution in [2.45, 2.75) is 57.9 Å². The molecule has 2 aliphatic rings. The van der Waals surface area contributed by atoms with Crippen LogP contribution in [-0.2, 0) is 9.59 Å². The molecule has 23 heavy (non-hydrogen) atoms. The number of rotatable bonds is 4. The number of carbonyl (C=O) groups excluding carboxylic acids is 2. The highest BCUT2D eigenvalue weighted by molar-refractivity contribution is 6.01. The maximum Gasteiger partial charge on any atom is 0.227 e. The SMILES string of the molecule is CC(=O)N(c1ccc(F)cc1NC(=O)C1CCCCC1)C1CC1. The van der Waals surface area contributed by atoms with E-state index in [1.807, 2.05) is 0 Å². The van der Waals surface area contributed by atoms with E-state index in [1.54, 1.807) is 11.0 Å². The lowest BCUT2D eigenvalue weighted by Crippen LogP contribution is -2.32. The molecule has 0 saturated heterocycles. The molecule has 2 amide bonds. The van der Waals surface area contributed by atoms with Crippen LogP contribution in [0.4, 0.5) is 15.8 Å². The van der Waals surface area contributed by atoms with E-state index in [0.717, 1.165) is 38.5 Å². The van der Waals surface area contributed by atoms with Gasteiger partial charge in [0.2, 0.25) is 11.8 Å². The Bertz CT molecular complexity index is 607. The second-order valence-electron chi connectivity index (χ2n) is 6.61. The van der Waals surface area contributed by atoms with E-state index >= 15 is 0 Å². The van der Waals surface area contributed by atoms with Crippen LogP contribution in [0.2, 0.25) is 0 Å². The number of nitrogens with zero attached hydrogens (tertiary/aromatic N) is 1. The van der Waals surface area contributed by atoms with Gasteiger partial charge in [-0.05, 0) is 43.9 Å². The molecular formula is C18H23FN2O2. The van der Waals surface area contributed by atoms with Gasteiger partial charge in [-0.2, -0.15) is 0 Å². The summed E-state index contributed by atoms with van der Waals surface area (Å²) in [6.45, 7) is 1.51. The molecule has 0 bridgehead atoms. The fourth-order valence-corrected chi connectivity index (χ4v) is 3.37. The Labute approximate surface area is 136 Å². The lowest BCUT2D eigenvalue weighted by atomic mass is 9.88. The molecular weight excluding hydrogens is 295 g/mol. The summed E-state index contributed by atoms with van der Waals surface area (Å²) in [5.41, 5.74) is 1.01. The molecule has 2 saturated carbocycles. The summed E-state index contributed by atoms with van der Waals surface area (Å²) in [5.74, 6) is -0.554. The van der Waals surface area contributed by atoms with E-state index < -0.39 is 5.82 Å². The first-order valence-electron chi connectivity index (χ1n) is 8.46. The van der Waals surface area contributed by atoms with Gasteiger partial charge in [-0.15, -0.1) is 0 Å². The second-order valence-corrected chi connectivity index (χ2v) is 6.61. The van der Waals surface area contributed by atoms with Crippen LogP contribution in [0.1, 0.15) is 51.9 Å². The van der Waals surface area contributed by atoms with E-state index in [-0.39, 0.29) is 23.8 Å². The lowest BCUT2D eigenvalue weighted by Gasteiger charge is -2.26. The summed E-state index contributed by atoms with van der Waals surface area (Å²) >= 11 is 0. The van der Waals surface area contributed by atoms with E-state index in [0.29, 0.717) is 11.4 Å². The van der Waals surface area contributed by atoms with Gasteiger partial charge in [-0.1, -0.05) is 19.3 Å². The highest BCUT2D eigenvalue weighted by Crippen LogP contribution is 2.37. The fraction of sp³-hybridized carbons (Fsp3) is 0.556. The van der Waals surface area contributed by atoms with E-state index in [2.05, 4.69) is 5.32 Å². The number of halogens is 1. The number of hydrogen-bond donors (Lipinski definition) is 1. The molecule has 0 aromatic heterocycles. The van der Waals surface area contributed by atoms with Crippen molar-refractivity contribution in [3.05, 3.63) is 24.0 Å². The number of nitrogens with one attached hydrogen (secondary N) is 1. The van der Waals surface area contributed by atoms with Crippen molar-refractivity contribution >= 4 is 23.2 Å². The van der Waals surface area contributed by atoms with Crippen molar-refractivity contribution < 1.29 is 14.0 Å². The van der Waals surface area contributed by atoms with Crippen molar-refractivity contribution in [3.63, 3.8) is 0 Å². The lowest BCUT2D eigenvalue weighted by molar-refractivity contribution is -0.121. The minimum Gasteiger partial charge on any atom is -0.324 e. The first-order chi connectivity index (χ1) is 11.1. The maximum absolute atomic E-state index is 13.7. The van der Waals surface area contributed by atoms with Crippen molar-refractivity contribution in [1.29, 1.82) is 0 Å². The highest BCUT2D eigenvalue weighted by Gasteiger charge is 2.34. The number of amides is 2. The Balaban J connectivity index is 1.83. The molecule has 0 aliphatic heterocycles. The zero-order valence-electron chi connectivity index (χ0n) is 13.5. The van der Waals surface area contributed by atoms with Crippen molar-refractivity contribution in [3.8, 4) is 0 Å². The summed E-state index contributed by atoms with van der Waals surface area (Å²) in [4.78, 5) is 26.1. The van der Waals surface area contributed by atoms with Crippen LogP contribution in [0.3, 0.4) is 0 Å². The maximum atomic E-state index is 13.7. The van der Waals surface area contributed by atoms with Crippen molar-refractivity contribution in [2.75, 3.05) is 10.2 Å². The Kier molecular flexibility index (Phi) is 4.64. The zero-order chi connectivity index (χ0) is 16.4. The topological polar surface area (TPSA) is 49.4 Å². The monoisotopic (exact) mass is 318 g/mol. The van der Waals surface area contributed by atoms with Crippen LogP contribution >= 0.6 is 0 Å². The number of benzene rings is 1. The quantitative estimate of drug-likeness (QED) is 0.916. The van der Waals surface area contributed by atoms with Gasteiger partial charge in [0.25, 0.3) is 0 Å². The largest absolute Gasteiger partial charge is 0.324 e. The van der Waals surface area contributed by atoms with Crippen LogP contribution in [0.15, 0.2) is 18.2 Å². The summed E-state index contributed by atoms with van der Waals surface area (Å²) in [5, 5.41) is 2.87. The van der Waals surface area contributed by atoms with Gasteiger partial charge in [0, 0.05) is 18.9 Å². The minimum atomic E-state index is -0.410. The van der Waals surface area contributed by atoms with Crippen molar-refractivity contribution in [1.82, 2.24) is 0 Å². The van der Waals surface area contributed by atoms with Crippen LogP contribution in [0, 0.1) is 11.7 Å². The summed E-state index contributed by atoms with van der Waals surface area (Å²) < 4.78 is 13.7. The Morgan fingerprint density at radius 1 is 1.13 bits per heavy atom. The summed E-state index contributed by atoms with van der Waals surface area (Å²) in [6, 6.07) is 4.41. The third-order valence-corrected chi connectivity index (χ3v) is 4.70. The number of hydrogen-bond acceptors (Lipinski definition) is 2. The van der Waals surface area contributed by atoms with E-state index in [9.17, 15) is 14.0 Å². The van der Waals surface area contributed by atoms with Gasteiger partial charge in [0.05, 0.1) is 11.4 Å². The molecule has 0 unspecified atom stereocenters.